The molecule has 2 aromatic rings. The fourth-order valence-corrected chi connectivity index (χ4v) is 3.97. The number of nitrogens with one attached hydrogen (secondary N) is 1. The maximum absolute atomic E-state index is 12.5. The minimum atomic E-state index is -0.0625. The smallest absolute Gasteiger partial charge is 0.251 e. The Bertz CT molecular complexity index is 997. The fraction of sp³-hybridized carbons (Fsp3) is 0.304. The predicted molar refractivity (Wildman–Crippen MR) is 115 cm³/mol. The number of hydrogen-bond donors (Lipinski definition) is 1. The topological polar surface area (TPSA) is 67.9 Å². The summed E-state index contributed by atoms with van der Waals surface area (Å²) in [4.78, 5) is 26.8. The molecule has 2 heterocycles. The lowest BCUT2D eigenvalue weighted by molar-refractivity contribution is -0.126. The summed E-state index contributed by atoms with van der Waals surface area (Å²) in [5.74, 6) is 1.000. The number of aryl methyl sites for hydroxylation is 1. The summed E-state index contributed by atoms with van der Waals surface area (Å²) < 4.78 is 10.6. The number of nitrogens with zero attached hydrogens (tertiary/aromatic N) is 1. The molecule has 30 heavy (non-hydrogen) atoms. The van der Waals surface area contributed by atoms with Gasteiger partial charge in [0, 0.05) is 30.8 Å². The van der Waals surface area contributed by atoms with E-state index in [9.17, 15) is 9.59 Å². The van der Waals surface area contributed by atoms with Gasteiger partial charge in [0.25, 0.3) is 5.91 Å². The number of halogens is 1. The van der Waals surface area contributed by atoms with Gasteiger partial charge in [0.05, 0.1) is 5.02 Å². The number of likely N-dealkylation sites (tertiary alicyclic amines) is 1. The van der Waals surface area contributed by atoms with Gasteiger partial charge in [0.2, 0.25) is 12.7 Å². The molecule has 1 fully saturated rings. The molecule has 0 aliphatic carbocycles. The van der Waals surface area contributed by atoms with Crippen LogP contribution in [0.25, 0.3) is 6.08 Å². The van der Waals surface area contributed by atoms with Crippen molar-refractivity contribution in [2.24, 2.45) is 0 Å². The second-order valence-electron chi connectivity index (χ2n) is 7.46. The summed E-state index contributed by atoms with van der Waals surface area (Å²) in [6.45, 7) is 3.28. The van der Waals surface area contributed by atoms with Crippen LogP contribution in [-0.2, 0) is 4.79 Å². The van der Waals surface area contributed by atoms with Gasteiger partial charge in [0.15, 0.2) is 11.5 Å². The largest absolute Gasteiger partial charge is 0.454 e. The molecule has 156 valence electrons. The van der Waals surface area contributed by atoms with Crippen molar-refractivity contribution < 1.29 is 19.1 Å². The third kappa shape index (κ3) is 4.44. The van der Waals surface area contributed by atoms with E-state index >= 15 is 0 Å². The van der Waals surface area contributed by atoms with Crippen LogP contribution in [-0.4, -0.2) is 42.6 Å². The Labute approximate surface area is 180 Å². The zero-order chi connectivity index (χ0) is 21.1. The van der Waals surface area contributed by atoms with E-state index < -0.39 is 0 Å². The van der Waals surface area contributed by atoms with E-state index in [0.717, 1.165) is 24.0 Å². The van der Waals surface area contributed by atoms with Crippen LogP contribution in [0.5, 0.6) is 11.5 Å². The SMILES string of the molecule is Cc1ccccc1C(=O)NC1CCN(C(=O)/C=C/c2cc(Cl)c3c(c2)OCO3)CC1. The number of hydrogen-bond acceptors (Lipinski definition) is 4. The molecule has 0 saturated carbocycles. The van der Waals surface area contributed by atoms with Crippen molar-refractivity contribution in [1.82, 2.24) is 10.2 Å². The van der Waals surface area contributed by atoms with E-state index in [2.05, 4.69) is 5.32 Å². The maximum atomic E-state index is 12.5. The first kappa shape index (κ1) is 20.3. The minimum absolute atomic E-state index is 0.0579. The van der Waals surface area contributed by atoms with Gasteiger partial charge < -0.3 is 19.7 Å². The normalized spacial score (nSPS) is 16.1. The van der Waals surface area contributed by atoms with Crippen molar-refractivity contribution >= 4 is 29.5 Å². The Balaban J connectivity index is 1.30. The average molecular weight is 427 g/mol. The van der Waals surface area contributed by atoms with E-state index in [1.807, 2.05) is 31.2 Å². The molecule has 1 saturated heterocycles. The Hall–Kier alpha value is -2.99. The first-order valence-electron chi connectivity index (χ1n) is 9.94. The number of carbonyl (C=O) groups excluding carboxylic acids is 2. The van der Waals surface area contributed by atoms with Gasteiger partial charge in [-0.1, -0.05) is 29.8 Å². The van der Waals surface area contributed by atoms with Gasteiger partial charge in [-0.3, -0.25) is 9.59 Å². The molecule has 7 heteroatoms. The summed E-state index contributed by atoms with van der Waals surface area (Å²) in [7, 11) is 0. The van der Waals surface area contributed by atoms with Gasteiger partial charge in [-0.2, -0.15) is 0 Å². The lowest BCUT2D eigenvalue weighted by Crippen LogP contribution is -2.46. The van der Waals surface area contributed by atoms with Gasteiger partial charge in [-0.15, -0.1) is 0 Å². The highest BCUT2D eigenvalue weighted by molar-refractivity contribution is 6.32. The second-order valence-corrected chi connectivity index (χ2v) is 7.86. The molecular weight excluding hydrogens is 404 g/mol. The first-order chi connectivity index (χ1) is 14.5. The molecule has 6 nitrogen and oxygen atoms in total. The van der Waals surface area contributed by atoms with Crippen LogP contribution in [0.4, 0.5) is 0 Å². The number of amides is 2. The number of ether oxygens (including phenoxy) is 2. The Morgan fingerprint density at radius 1 is 1.17 bits per heavy atom. The van der Waals surface area contributed by atoms with Crippen molar-refractivity contribution in [3.8, 4) is 11.5 Å². The van der Waals surface area contributed by atoms with Crippen molar-refractivity contribution in [3.05, 3.63) is 64.2 Å². The number of benzene rings is 2. The van der Waals surface area contributed by atoms with E-state index in [-0.39, 0.29) is 24.6 Å². The lowest BCUT2D eigenvalue weighted by Gasteiger charge is -2.31. The Kier molecular flexibility index (Phi) is 5.95. The molecule has 1 N–H and O–H groups in total. The highest BCUT2D eigenvalue weighted by atomic mass is 35.5. The molecule has 2 aliphatic rings. The quantitative estimate of drug-likeness (QED) is 0.755. The standard InChI is InChI=1S/C23H23ClN2O4/c1-15-4-2-3-5-18(15)23(28)25-17-8-10-26(11-9-17)21(27)7-6-16-12-19(24)22-20(13-16)29-14-30-22/h2-7,12-13,17H,8-11,14H2,1H3,(H,25,28)/b7-6+. The third-order valence-corrected chi connectivity index (χ3v) is 5.68. The number of rotatable bonds is 4. The monoisotopic (exact) mass is 426 g/mol. The third-order valence-electron chi connectivity index (χ3n) is 5.40. The van der Waals surface area contributed by atoms with Gasteiger partial charge in [-0.25, -0.2) is 0 Å². The van der Waals surface area contributed by atoms with Crippen molar-refractivity contribution in [2.45, 2.75) is 25.8 Å². The molecule has 4 rings (SSSR count). The molecule has 0 aromatic heterocycles. The molecule has 0 unspecified atom stereocenters. The highest BCUT2D eigenvalue weighted by Gasteiger charge is 2.24. The second kappa shape index (κ2) is 8.79. The molecule has 0 bridgehead atoms. The molecule has 0 spiro atoms. The molecule has 0 radical (unpaired) electrons. The van der Waals surface area contributed by atoms with E-state index in [1.54, 1.807) is 29.2 Å². The first-order valence-corrected chi connectivity index (χ1v) is 10.3. The number of piperidine rings is 1. The maximum Gasteiger partial charge on any atom is 0.251 e. The van der Waals surface area contributed by atoms with E-state index in [4.69, 9.17) is 21.1 Å². The Morgan fingerprint density at radius 3 is 2.70 bits per heavy atom. The Morgan fingerprint density at radius 2 is 1.93 bits per heavy atom. The predicted octanol–water partition coefficient (Wildman–Crippen LogP) is 3.81. The number of fused-ring (bicyclic) bond motifs is 1. The zero-order valence-electron chi connectivity index (χ0n) is 16.7. The zero-order valence-corrected chi connectivity index (χ0v) is 17.4. The van der Waals surface area contributed by atoms with Crippen LogP contribution < -0.4 is 14.8 Å². The molecule has 0 atom stereocenters. The van der Waals surface area contributed by atoms with Crippen LogP contribution in [0.1, 0.15) is 34.3 Å². The van der Waals surface area contributed by atoms with Gasteiger partial charge >= 0.3 is 0 Å². The van der Waals surface area contributed by atoms with Crippen LogP contribution in [0.3, 0.4) is 0 Å². The molecule has 2 aliphatic heterocycles. The lowest BCUT2D eigenvalue weighted by atomic mass is 10.0. The van der Waals surface area contributed by atoms with Crippen LogP contribution in [0.15, 0.2) is 42.5 Å². The van der Waals surface area contributed by atoms with Crippen LogP contribution in [0, 0.1) is 6.92 Å². The van der Waals surface area contributed by atoms with Crippen molar-refractivity contribution in [2.75, 3.05) is 19.9 Å². The fourth-order valence-electron chi connectivity index (χ4n) is 3.69. The highest BCUT2D eigenvalue weighted by Crippen LogP contribution is 2.40. The minimum Gasteiger partial charge on any atom is -0.454 e. The van der Waals surface area contributed by atoms with Crippen molar-refractivity contribution in [1.29, 1.82) is 0 Å². The summed E-state index contributed by atoms with van der Waals surface area (Å²) >= 11 is 6.18. The summed E-state index contributed by atoms with van der Waals surface area (Å²) in [5, 5.41) is 3.55. The average Bonchev–Trinajstić information content (AvgIpc) is 3.22. The van der Waals surface area contributed by atoms with Crippen molar-refractivity contribution in [3.63, 3.8) is 0 Å². The van der Waals surface area contributed by atoms with Crippen LogP contribution >= 0.6 is 11.6 Å². The van der Waals surface area contributed by atoms with Gasteiger partial charge in [-0.05, 0) is 55.2 Å². The summed E-state index contributed by atoms with van der Waals surface area (Å²) in [5.41, 5.74) is 2.43. The van der Waals surface area contributed by atoms with E-state index in [0.29, 0.717) is 35.2 Å². The molecular formula is C23H23ClN2O4. The summed E-state index contributed by atoms with van der Waals surface area (Å²) in [6.07, 6.45) is 4.72. The molecule has 2 amide bonds. The van der Waals surface area contributed by atoms with E-state index in [1.165, 1.54) is 0 Å². The molecule has 2 aromatic carbocycles. The number of carbonyl (C=O) groups is 2. The summed E-state index contributed by atoms with van der Waals surface area (Å²) in [6, 6.07) is 11.1. The van der Waals surface area contributed by atoms with Gasteiger partial charge in [0.1, 0.15) is 0 Å². The van der Waals surface area contributed by atoms with Crippen LogP contribution in [0.2, 0.25) is 5.02 Å².